The third-order valence-electron chi connectivity index (χ3n) is 11.6. The summed E-state index contributed by atoms with van der Waals surface area (Å²) in [5.41, 5.74) is 9.61. The van der Waals surface area contributed by atoms with E-state index in [0.717, 1.165) is 82.5 Å². The average molecular weight is 747 g/mol. The van der Waals surface area contributed by atoms with E-state index < -0.39 is 0 Å². The zero-order valence-electron chi connectivity index (χ0n) is 35.4. The predicted octanol–water partition coefficient (Wildman–Crippen LogP) is 13.3. The van der Waals surface area contributed by atoms with Gasteiger partial charge in [-0.1, -0.05) is 129 Å². The van der Waals surface area contributed by atoms with Gasteiger partial charge in [-0.15, -0.1) is 0 Å². The summed E-state index contributed by atoms with van der Waals surface area (Å²) in [4.78, 5) is 18.8. The van der Waals surface area contributed by atoms with Gasteiger partial charge in [0, 0.05) is 70.9 Å². The van der Waals surface area contributed by atoms with Gasteiger partial charge in [0.05, 0.1) is 0 Å². The topological polar surface area (TPSA) is 23.6 Å². The Morgan fingerprint density at radius 3 is 1.16 bits per heavy atom. The number of carbonyl (C=O) groups is 1. The number of anilines is 2. The number of ketones is 1. The van der Waals surface area contributed by atoms with Crippen LogP contribution in [0.2, 0.25) is 0 Å². The Morgan fingerprint density at radius 1 is 0.446 bits per heavy atom. The third kappa shape index (κ3) is 11.6. The van der Waals surface area contributed by atoms with Gasteiger partial charge in [0.2, 0.25) is 0 Å². The predicted molar refractivity (Wildman–Crippen MR) is 241 cm³/mol. The molecule has 0 spiro atoms. The number of benzene rings is 4. The minimum absolute atomic E-state index is 0.0454. The van der Waals surface area contributed by atoms with Gasteiger partial charge in [0.15, 0.2) is 5.78 Å². The van der Waals surface area contributed by atoms with Crippen molar-refractivity contribution in [3.63, 3.8) is 0 Å². The lowest BCUT2D eigenvalue weighted by Crippen LogP contribution is -2.30. The molecular weight excluding hydrogens is 681 g/mol. The lowest BCUT2D eigenvalue weighted by Gasteiger charge is -2.29. The Bertz CT molecular complexity index is 1820. The number of carbonyl (C=O) groups excluding carboxylic acids is 1. The molecule has 5 rings (SSSR count). The largest absolute Gasteiger partial charge is 0.371 e. The van der Waals surface area contributed by atoms with E-state index in [0.29, 0.717) is 0 Å². The van der Waals surface area contributed by atoms with Gasteiger partial charge in [-0.05, 0) is 121 Å². The SMILES string of the molecule is CCCCC(CC)CN(CCCC)c1ccc(C#Cc2ccc3c(c2)C(=O)c2cc(C#Cc4ccc(N(CCCC)CC(CC)CCCC)cc4)ccc2-3)cc1. The van der Waals surface area contributed by atoms with Gasteiger partial charge < -0.3 is 9.80 Å². The number of rotatable bonds is 20. The van der Waals surface area contributed by atoms with E-state index >= 15 is 0 Å². The minimum atomic E-state index is 0.0454. The fourth-order valence-corrected chi connectivity index (χ4v) is 7.84. The molecule has 0 bridgehead atoms. The Morgan fingerprint density at radius 2 is 0.804 bits per heavy atom. The first-order valence-electron chi connectivity index (χ1n) is 22.0. The summed E-state index contributed by atoms with van der Waals surface area (Å²) in [7, 11) is 0. The van der Waals surface area contributed by atoms with Gasteiger partial charge in [0.1, 0.15) is 0 Å². The molecule has 3 heteroatoms. The molecule has 3 nitrogen and oxygen atoms in total. The van der Waals surface area contributed by atoms with Crippen LogP contribution < -0.4 is 9.80 Å². The molecule has 2 atom stereocenters. The second-order valence-electron chi connectivity index (χ2n) is 15.9. The third-order valence-corrected chi connectivity index (χ3v) is 11.6. The van der Waals surface area contributed by atoms with Crippen molar-refractivity contribution in [2.24, 2.45) is 11.8 Å². The van der Waals surface area contributed by atoms with Crippen LogP contribution in [0.4, 0.5) is 11.4 Å². The van der Waals surface area contributed by atoms with Crippen molar-refractivity contribution in [1.29, 1.82) is 0 Å². The van der Waals surface area contributed by atoms with E-state index in [1.54, 1.807) is 0 Å². The molecule has 2 unspecified atom stereocenters. The van der Waals surface area contributed by atoms with Crippen LogP contribution in [0.5, 0.6) is 0 Å². The normalized spacial score (nSPS) is 12.5. The average Bonchev–Trinajstić information content (AvgIpc) is 3.51. The monoisotopic (exact) mass is 747 g/mol. The van der Waals surface area contributed by atoms with Crippen molar-refractivity contribution in [2.75, 3.05) is 36.0 Å². The van der Waals surface area contributed by atoms with E-state index in [-0.39, 0.29) is 5.78 Å². The first-order chi connectivity index (χ1) is 27.4. The van der Waals surface area contributed by atoms with Gasteiger partial charge in [0.25, 0.3) is 0 Å². The summed E-state index contributed by atoms with van der Waals surface area (Å²) in [5.74, 6) is 14.9. The maximum absolute atomic E-state index is 13.7. The molecule has 1 aliphatic rings. The maximum Gasteiger partial charge on any atom is 0.194 e. The van der Waals surface area contributed by atoms with Gasteiger partial charge in [-0.3, -0.25) is 4.79 Å². The summed E-state index contributed by atoms with van der Waals surface area (Å²) >= 11 is 0. The molecular formula is C53H66N2O. The highest BCUT2D eigenvalue weighted by atomic mass is 16.1. The highest BCUT2D eigenvalue weighted by Gasteiger charge is 2.27. The quantitative estimate of drug-likeness (QED) is 0.0741. The molecule has 0 N–H and O–H groups in total. The molecule has 0 saturated carbocycles. The van der Waals surface area contributed by atoms with E-state index in [2.05, 4.69) is 124 Å². The maximum atomic E-state index is 13.7. The summed E-state index contributed by atoms with van der Waals surface area (Å²) in [6.07, 6.45) is 15.0. The fraction of sp³-hybridized carbons (Fsp3) is 0.453. The van der Waals surface area contributed by atoms with Gasteiger partial charge in [-0.25, -0.2) is 0 Å². The zero-order chi connectivity index (χ0) is 39.7. The van der Waals surface area contributed by atoms with Crippen LogP contribution in [0, 0.1) is 35.5 Å². The number of hydrogen-bond donors (Lipinski definition) is 0. The molecule has 56 heavy (non-hydrogen) atoms. The molecule has 0 radical (unpaired) electrons. The number of fused-ring (bicyclic) bond motifs is 3. The minimum Gasteiger partial charge on any atom is -0.371 e. The van der Waals surface area contributed by atoms with Crippen molar-refractivity contribution < 1.29 is 4.79 Å². The number of hydrogen-bond acceptors (Lipinski definition) is 3. The van der Waals surface area contributed by atoms with Crippen LogP contribution in [0.25, 0.3) is 11.1 Å². The van der Waals surface area contributed by atoms with Crippen molar-refractivity contribution in [1.82, 2.24) is 0 Å². The van der Waals surface area contributed by atoms with Crippen LogP contribution in [0.3, 0.4) is 0 Å². The van der Waals surface area contributed by atoms with Gasteiger partial charge in [-0.2, -0.15) is 0 Å². The second-order valence-corrected chi connectivity index (χ2v) is 15.9. The first kappa shape index (κ1) is 42.4. The van der Waals surface area contributed by atoms with Crippen LogP contribution in [0.1, 0.15) is 157 Å². The molecule has 0 aromatic heterocycles. The summed E-state index contributed by atoms with van der Waals surface area (Å²) in [5, 5.41) is 0. The Hall–Kier alpha value is -4.73. The highest BCUT2D eigenvalue weighted by molar-refractivity contribution is 6.22. The van der Waals surface area contributed by atoms with Crippen molar-refractivity contribution in [3.8, 4) is 34.8 Å². The van der Waals surface area contributed by atoms with Crippen LogP contribution in [-0.2, 0) is 0 Å². The summed E-state index contributed by atoms with van der Waals surface area (Å²) in [6.45, 7) is 18.2. The first-order valence-corrected chi connectivity index (χ1v) is 22.0. The molecule has 1 aliphatic carbocycles. The van der Waals surface area contributed by atoms with Crippen molar-refractivity contribution >= 4 is 17.2 Å². The molecule has 4 aromatic rings. The van der Waals surface area contributed by atoms with E-state index in [9.17, 15) is 4.79 Å². The smallest absolute Gasteiger partial charge is 0.194 e. The summed E-state index contributed by atoms with van der Waals surface area (Å²) < 4.78 is 0. The molecule has 0 fully saturated rings. The molecule has 0 aliphatic heterocycles. The molecule has 0 heterocycles. The second kappa shape index (κ2) is 22.1. The van der Waals surface area contributed by atoms with Crippen molar-refractivity contribution in [3.05, 3.63) is 118 Å². The van der Waals surface area contributed by atoms with Crippen LogP contribution in [0.15, 0.2) is 84.9 Å². The van der Waals surface area contributed by atoms with E-state index in [4.69, 9.17) is 0 Å². The van der Waals surface area contributed by atoms with Gasteiger partial charge >= 0.3 is 0 Å². The van der Waals surface area contributed by atoms with Crippen LogP contribution >= 0.6 is 0 Å². The molecule has 294 valence electrons. The number of unbranched alkanes of at least 4 members (excludes halogenated alkanes) is 4. The van der Waals surface area contributed by atoms with Crippen LogP contribution in [-0.4, -0.2) is 32.0 Å². The Balaban J connectivity index is 1.25. The Labute approximate surface area is 340 Å². The Kier molecular flexibility index (Phi) is 16.8. The highest BCUT2D eigenvalue weighted by Crippen LogP contribution is 2.37. The van der Waals surface area contributed by atoms with E-state index in [1.807, 2.05) is 36.4 Å². The zero-order valence-corrected chi connectivity index (χ0v) is 35.4. The molecule has 0 amide bonds. The van der Waals surface area contributed by atoms with Crippen molar-refractivity contribution in [2.45, 2.75) is 119 Å². The molecule has 0 saturated heterocycles. The lowest BCUT2D eigenvalue weighted by molar-refractivity contribution is 0.104. The lowest BCUT2D eigenvalue weighted by atomic mass is 9.98. The molecule has 4 aromatic carbocycles. The standard InChI is InChI=1S/C53H66N2O/c1-7-13-17-41(11-5)39-54(35-15-9-3)47-29-23-43(24-30-47)19-21-45-27-33-49-50-34-28-46(38-52(50)53(56)51(49)37-45)22-20-44-25-31-48(32-26-44)55(36-16-10-4)40-42(12-6)18-14-8-2/h23-34,37-38,41-42H,7-18,35-36,39-40H2,1-6H3. The summed E-state index contributed by atoms with van der Waals surface area (Å²) in [6, 6.07) is 29.5. The van der Waals surface area contributed by atoms with E-state index in [1.165, 1.54) is 88.4 Å². The number of nitrogens with zero attached hydrogens (tertiary/aromatic N) is 2. The fourth-order valence-electron chi connectivity index (χ4n) is 7.84.